The van der Waals surface area contributed by atoms with Gasteiger partial charge in [0.05, 0.1) is 0 Å². The average molecular weight is 274 g/mol. The van der Waals surface area contributed by atoms with E-state index in [-0.39, 0.29) is 0 Å². The van der Waals surface area contributed by atoms with Gasteiger partial charge in [0.2, 0.25) is 0 Å². The second kappa shape index (κ2) is 7.47. The first kappa shape index (κ1) is 14.3. The van der Waals surface area contributed by atoms with Crippen molar-refractivity contribution < 1.29 is 0 Å². The molecule has 0 bridgehead atoms. The highest BCUT2D eigenvalue weighted by atomic mass is 15.2. The molecule has 0 fully saturated rings. The Morgan fingerprint density at radius 3 is 2.90 bits per heavy atom. The molecule has 0 atom stereocenters. The van der Waals surface area contributed by atoms with Crippen LogP contribution in [-0.4, -0.2) is 40.7 Å². The second-order valence-electron chi connectivity index (χ2n) is 4.57. The monoisotopic (exact) mass is 274 g/mol. The van der Waals surface area contributed by atoms with Crippen molar-refractivity contribution in [2.75, 3.05) is 20.1 Å². The van der Waals surface area contributed by atoms with Crippen LogP contribution in [0.4, 0.5) is 0 Å². The number of guanidine groups is 1. The summed E-state index contributed by atoms with van der Waals surface area (Å²) in [6, 6.07) is 5.90. The number of pyridine rings is 1. The van der Waals surface area contributed by atoms with E-state index in [4.69, 9.17) is 0 Å². The van der Waals surface area contributed by atoms with Crippen LogP contribution in [0.1, 0.15) is 25.6 Å². The van der Waals surface area contributed by atoms with Gasteiger partial charge in [-0.25, -0.2) is 0 Å². The fraction of sp³-hybridized carbons (Fsp3) is 0.500. The predicted molar refractivity (Wildman–Crippen MR) is 81.0 cm³/mol. The second-order valence-corrected chi connectivity index (χ2v) is 4.57. The summed E-state index contributed by atoms with van der Waals surface area (Å²) in [4.78, 5) is 4.19. The smallest absolute Gasteiger partial charge is 0.190 e. The third kappa shape index (κ3) is 3.69. The van der Waals surface area contributed by atoms with E-state index < -0.39 is 0 Å². The minimum Gasteiger partial charge on any atom is -0.356 e. The van der Waals surface area contributed by atoms with Crippen LogP contribution < -0.4 is 10.6 Å². The van der Waals surface area contributed by atoms with E-state index >= 15 is 0 Å². The molecule has 2 rings (SSSR count). The van der Waals surface area contributed by atoms with Crippen molar-refractivity contribution in [2.24, 2.45) is 4.99 Å². The first-order valence-electron chi connectivity index (χ1n) is 7.08. The maximum absolute atomic E-state index is 4.21. The van der Waals surface area contributed by atoms with Crippen molar-refractivity contribution >= 4 is 11.6 Å². The maximum Gasteiger partial charge on any atom is 0.190 e. The molecule has 0 aliphatic carbocycles. The number of fused-ring (bicyclic) bond motifs is 1. The van der Waals surface area contributed by atoms with Gasteiger partial charge in [-0.1, -0.05) is 19.4 Å². The van der Waals surface area contributed by atoms with E-state index in [1.807, 2.05) is 28.8 Å². The Hall–Kier alpha value is -2.11. The molecule has 0 aliphatic heterocycles. The lowest BCUT2D eigenvalue weighted by Crippen LogP contribution is -2.38. The molecule has 0 aromatic carbocycles. The summed E-state index contributed by atoms with van der Waals surface area (Å²) in [5.74, 6) is 1.80. The van der Waals surface area contributed by atoms with Crippen molar-refractivity contribution in [1.82, 2.24) is 25.2 Å². The summed E-state index contributed by atoms with van der Waals surface area (Å²) in [6.45, 7) is 3.90. The molecule has 0 saturated carbocycles. The molecule has 0 saturated heterocycles. The van der Waals surface area contributed by atoms with Gasteiger partial charge in [-0.2, -0.15) is 0 Å². The topological polar surface area (TPSA) is 66.6 Å². The Morgan fingerprint density at radius 1 is 1.25 bits per heavy atom. The largest absolute Gasteiger partial charge is 0.356 e. The van der Waals surface area contributed by atoms with Crippen LogP contribution in [-0.2, 0) is 6.42 Å². The lowest BCUT2D eigenvalue weighted by atomic mass is 10.3. The fourth-order valence-corrected chi connectivity index (χ4v) is 1.96. The van der Waals surface area contributed by atoms with Crippen molar-refractivity contribution in [2.45, 2.75) is 26.2 Å². The first-order chi connectivity index (χ1) is 9.85. The van der Waals surface area contributed by atoms with Crippen LogP contribution in [0.15, 0.2) is 29.4 Å². The molecule has 0 amide bonds. The molecular weight excluding hydrogens is 252 g/mol. The number of nitrogens with one attached hydrogen (secondary N) is 2. The molecule has 2 N–H and O–H groups in total. The van der Waals surface area contributed by atoms with E-state index in [1.54, 1.807) is 7.05 Å². The van der Waals surface area contributed by atoms with E-state index in [0.29, 0.717) is 0 Å². The minimum absolute atomic E-state index is 0.779. The Bertz CT molecular complexity index is 560. The van der Waals surface area contributed by atoms with Crippen molar-refractivity contribution in [1.29, 1.82) is 0 Å². The van der Waals surface area contributed by atoms with Crippen molar-refractivity contribution in [3.63, 3.8) is 0 Å². The highest BCUT2D eigenvalue weighted by molar-refractivity contribution is 5.79. The van der Waals surface area contributed by atoms with Crippen LogP contribution in [0.25, 0.3) is 5.65 Å². The van der Waals surface area contributed by atoms with Gasteiger partial charge in [0.25, 0.3) is 0 Å². The van der Waals surface area contributed by atoms with Gasteiger partial charge in [0, 0.05) is 32.8 Å². The molecule has 0 radical (unpaired) electrons. The molecule has 0 spiro atoms. The number of aromatic nitrogens is 3. The van der Waals surface area contributed by atoms with Gasteiger partial charge >= 0.3 is 0 Å². The van der Waals surface area contributed by atoms with E-state index in [0.717, 1.165) is 43.4 Å². The molecule has 6 nitrogen and oxygen atoms in total. The number of aliphatic imine (C=N–C) groups is 1. The predicted octanol–water partition coefficient (Wildman–Crippen LogP) is 1.24. The standard InChI is InChI=1S/C14H22N6/c1-3-4-9-16-14(15-2)17-10-8-13-19-18-12-7-5-6-11-20(12)13/h5-7,11H,3-4,8-10H2,1-2H3,(H2,15,16,17). The number of nitrogens with zero attached hydrogens (tertiary/aromatic N) is 4. The van der Waals surface area contributed by atoms with Crippen LogP contribution in [0.2, 0.25) is 0 Å². The van der Waals surface area contributed by atoms with E-state index in [9.17, 15) is 0 Å². The van der Waals surface area contributed by atoms with Crippen LogP contribution in [0.3, 0.4) is 0 Å². The number of hydrogen-bond donors (Lipinski definition) is 2. The summed E-state index contributed by atoms with van der Waals surface area (Å²) in [7, 11) is 1.79. The molecule has 108 valence electrons. The first-order valence-corrected chi connectivity index (χ1v) is 7.08. The molecule has 2 aromatic rings. The summed E-state index contributed by atoms with van der Waals surface area (Å²) in [6.07, 6.45) is 5.11. The summed E-state index contributed by atoms with van der Waals surface area (Å²) >= 11 is 0. The Labute approximate surface area is 119 Å². The average Bonchev–Trinajstić information content (AvgIpc) is 2.89. The van der Waals surface area contributed by atoms with E-state index in [2.05, 4.69) is 32.7 Å². The van der Waals surface area contributed by atoms with Crippen LogP contribution in [0.5, 0.6) is 0 Å². The normalized spacial score (nSPS) is 11.8. The van der Waals surface area contributed by atoms with Crippen molar-refractivity contribution in [3.8, 4) is 0 Å². The number of unbranched alkanes of at least 4 members (excludes halogenated alkanes) is 1. The van der Waals surface area contributed by atoms with Gasteiger partial charge in [-0.15, -0.1) is 10.2 Å². The summed E-state index contributed by atoms with van der Waals surface area (Å²) in [5.41, 5.74) is 0.882. The fourth-order valence-electron chi connectivity index (χ4n) is 1.96. The molecule has 2 aromatic heterocycles. The van der Waals surface area contributed by atoms with Crippen molar-refractivity contribution in [3.05, 3.63) is 30.2 Å². The molecule has 2 heterocycles. The van der Waals surface area contributed by atoms with Crippen LogP contribution >= 0.6 is 0 Å². The highest BCUT2D eigenvalue weighted by Crippen LogP contribution is 2.02. The van der Waals surface area contributed by atoms with Gasteiger partial charge in [-0.3, -0.25) is 9.39 Å². The van der Waals surface area contributed by atoms with Gasteiger partial charge in [0.1, 0.15) is 5.82 Å². The molecule has 6 heteroatoms. The quantitative estimate of drug-likeness (QED) is 0.472. The third-order valence-electron chi connectivity index (χ3n) is 3.07. The SMILES string of the molecule is CCCCNC(=NC)NCCc1nnc2ccccn12. The Kier molecular flexibility index (Phi) is 5.34. The highest BCUT2D eigenvalue weighted by Gasteiger charge is 2.04. The van der Waals surface area contributed by atoms with Gasteiger partial charge in [0.15, 0.2) is 11.6 Å². The number of hydrogen-bond acceptors (Lipinski definition) is 3. The zero-order valence-electron chi connectivity index (χ0n) is 12.1. The van der Waals surface area contributed by atoms with Gasteiger partial charge in [-0.05, 0) is 18.6 Å². The Balaban J connectivity index is 1.83. The molecule has 0 aliphatic rings. The van der Waals surface area contributed by atoms with E-state index in [1.165, 1.54) is 6.42 Å². The Morgan fingerprint density at radius 2 is 2.10 bits per heavy atom. The lowest BCUT2D eigenvalue weighted by molar-refractivity contribution is 0.719. The molecule has 20 heavy (non-hydrogen) atoms. The number of rotatable bonds is 6. The molecular formula is C14H22N6. The zero-order chi connectivity index (χ0) is 14.2. The third-order valence-corrected chi connectivity index (χ3v) is 3.07. The lowest BCUT2D eigenvalue weighted by Gasteiger charge is -2.10. The summed E-state index contributed by atoms with van der Waals surface area (Å²) in [5, 5.41) is 14.9. The molecule has 0 unspecified atom stereocenters. The van der Waals surface area contributed by atoms with Crippen LogP contribution in [0, 0.1) is 0 Å². The van der Waals surface area contributed by atoms with Gasteiger partial charge < -0.3 is 10.6 Å². The zero-order valence-corrected chi connectivity index (χ0v) is 12.1. The maximum atomic E-state index is 4.21. The minimum atomic E-state index is 0.779. The summed E-state index contributed by atoms with van der Waals surface area (Å²) < 4.78 is 2.01.